The van der Waals surface area contributed by atoms with Crippen molar-refractivity contribution >= 4 is 11.9 Å². The molecular weight excluding hydrogens is 222 g/mol. The van der Waals surface area contributed by atoms with Crippen LogP contribution >= 0.6 is 0 Å². The number of nitrogens with one attached hydrogen (secondary N) is 1. The molecule has 0 bridgehead atoms. The van der Waals surface area contributed by atoms with Crippen molar-refractivity contribution in [2.75, 3.05) is 13.7 Å². The first-order chi connectivity index (χ1) is 8.01. The van der Waals surface area contributed by atoms with Crippen LogP contribution in [0.1, 0.15) is 39.5 Å². The summed E-state index contributed by atoms with van der Waals surface area (Å²) in [5, 5.41) is 11.5. The largest absolute Gasteiger partial charge is 0.480 e. The van der Waals surface area contributed by atoms with Gasteiger partial charge in [-0.1, -0.05) is 26.7 Å². The van der Waals surface area contributed by atoms with Gasteiger partial charge in [0.15, 0.2) is 0 Å². The first-order valence-corrected chi connectivity index (χ1v) is 6.02. The number of carboxylic acids is 1. The van der Waals surface area contributed by atoms with Gasteiger partial charge in [0.05, 0.1) is 0 Å². The van der Waals surface area contributed by atoms with Crippen molar-refractivity contribution in [3.05, 3.63) is 0 Å². The van der Waals surface area contributed by atoms with E-state index in [1.165, 1.54) is 0 Å². The molecule has 0 aliphatic heterocycles. The molecule has 0 saturated heterocycles. The third-order valence-corrected chi connectivity index (χ3v) is 2.46. The molecule has 0 aliphatic rings. The van der Waals surface area contributed by atoms with Crippen molar-refractivity contribution in [3.63, 3.8) is 0 Å². The van der Waals surface area contributed by atoms with E-state index < -0.39 is 12.0 Å². The van der Waals surface area contributed by atoms with Gasteiger partial charge in [-0.25, -0.2) is 4.79 Å². The van der Waals surface area contributed by atoms with E-state index in [2.05, 4.69) is 5.32 Å². The third kappa shape index (κ3) is 7.74. The van der Waals surface area contributed by atoms with Gasteiger partial charge in [-0.05, 0) is 12.3 Å². The van der Waals surface area contributed by atoms with E-state index >= 15 is 0 Å². The Morgan fingerprint density at radius 1 is 1.41 bits per heavy atom. The van der Waals surface area contributed by atoms with Crippen LogP contribution in [0.4, 0.5) is 0 Å². The molecule has 0 aromatic carbocycles. The quantitative estimate of drug-likeness (QED) is 0.644. The fourth-order valence-corrected chi connectivity index (χ4v) is 1.58. The van der Waals surface area contributed by atoms with Gasteiger partial charge in [-0.15, -0.1) is 0 Å². The number of aliphatic carboxylic acids is 1. The molecule has 17 heavy (non-hydrogen) atoms. The van der Waals surface area contributed by atoms with Crippen LogP contribution in [0.2, 0.25) is 0 Å². The Morgan fingerprint density at radius 2 is 2.06 bits per heavy atom. The van der Waals surface area contributed by atoms with Crippen LogP contribution in [0.3, 0.4) is 0 Å². The molecule has 5 heteroatoms. The Kier molecular flexibility index (Phi) is 8.40. The number of hydrogen-bond donors (Lipinski definition) is 2. The fourth-order valence-electron chi connectivity index (χ4n) is 1.58. The minimum absolute atomic E-state index is 0.0978. The summed E-state index contributed by atoms with van der Waals surface area (Å²) in [6.07, 6.45) is 2.49. The number of unbranched alkanes of at least 4 members (excludes halogenated alkanes) is 1. The van der Waals surface area contributed by atoms with Gasteiger partial charge < -0.3 is 15.2 Å². The van der Waals surface area contributed by atoms with E-state index in [1.807, 2.05) is 13.8 Å². The number of carbonyl (C=O) groups is 2. The monoisotopic (exact) mass is 245 g/mol. The number of rotatable bonds is 9. The second-order valence-electron chi connectivity index (χ2n) is 4.37. The highest BCUT2D eigenvalue weighted by atomic mass is 16.5. The van der Waals surface area contributed by atoms with Gasteiger partial charge in [0.2, 0.25) is 5.91 Å². The zero-order valence-corrected chi connectivity index (χ0v) is 10.9. The lowest BCUT2D eigenvalue weighted by atomic mass is 10.1. The second kappa shape index (κ2) is 8.98. The highest BCUT2D eigenvalue weighted by Crippen LogP contribution is 2.05. The molecule has 0 aliphatic carbocycles. The third-order valence-electron chi connectivity index (χ3n) is 2.46. The molecule has 0 heterocycles. The van der Waals surface area contributed by atoms with Crippen LogP contribution < -0.4 is 5.32 Å². The molecule has 0 aromatic rings. The van der Waals surface area contributed by atoms with Crippen LogP contribution in [0, 0.1) is 5.92 Å². The van der Waals surface area contributed by atoms with Crippen molar-refractivity contribution < 1.29 is 19.4 Å². The van der Waals surface area contributed by atoms with Crippen molar-refractivity contribution in [3.8, 4) is 0 Å². The fraction of sp³-hybridized carbons (Fsp3) is 0.833. The average molecular weight is 245 g/mol. The SMILES string of the molecule is CCCC[C@H](NC(=O)CC(C)COC)C(=O)O. The van der Waals surface area contributed by atoms with E-state index in [0.29, 0.717) is 19.4 Å². The lowest BCUT2D eigenvalue weighted by Gasteiger charge is -2.16. The Hall–Kier alpha value is -1.10. The first kappa shape index (κ1) is 15.9. The van der Waals surface area contributed by atoms with Gasteiger partial charge in [0, 0.05) is 20.1 Å². The maximum Gasteiger partial charge on any atom is 0.326 e. The molecule has 0 rings (SSSR count). The zero-order valence-electron chi connectivity index (χ0n) is 10.9. The van der Waals surface area contributed by atoms with Crippen molar-refractivity contribution in [1.29, 1.82) is 0 Å². The molecule has 2 N–H and O–H groups in total. The minimum atomic E-state index is -0.966. The Labute approximate surface area is 103 Å². The summed E-state index contributed by atoms with van der Waals surface area (Å²) in [4.78, 5) is 22.5. The first-order valence-electron chi connectivity index (χ1n) is 6.02. The number of hydrogen-bond acceptors (Lipinski definition) is 3. The Bertz CT molecular complexity index is 243. The maximum atomic E-state index is 11.6. The van der Waals surface area contributed by atoms with Crippen LogP contribution in [-0.2, 0) is 14.3 Å². The van der Waals surface area contributed by atoms with Gasteiger partial charge in [0.1, 0.15) is 6.04 Å². The molecule has 100 valence electrons. The molecule has 0 aromatic heterocycles. The second-order valence-corrected chi connectivity index (χ2v) is 4.37. The van der Waals surface area contributed by atoms with Gasteiger partial charge in [-0.3, -0.25) is 4.79 Å². The summed E-state index contributed by atoms with van der Waals surface area (Å²) in [5.74, 6) is -1.09. The van der Waals surface area contributed by atoms with E-state index in [0.717, 1.165) is 12.8 Å². The standard InChI is InChI=1S/C12H23NO4/c1-4-5-6-10(12(15)16)13-11(14)7-9(2)8-17-3/h9-10H,4-8H2,1-3H3,(H,13,14)(H,15,16)/t9?,10-/m0/s1. The number of amides is 1. The summed E-state index contributed by atoms with van der Waals surface area (Å²) in [5.41, 5.74) is 0. The molecule has 0 radical (unpaired) electrons. The summed E-state index contributed by atoms with van der Waals surface area (Å²) in [6.45, 7) is 4.38. The number of carboxylic acid groups (broad SMARTS) is 1. The van der Waals surface area contributed by atoms with E-state index in [4.69, 9.17) is 9.84 Å². The molecule has 1 amide bonds. The van der Waals surface area contributed by atoms with E-state index in [-0.39, 0.29) is 11.8 Å². The molecule has 0 saturated carbocycles. The highest BCUT2D eigenvalue weighted by molar-refractivity contribution is 5.83. The smallest absolute Gasteiger partial charge is 0.326 e. The van der Waals surface area contributed by atoms with Gasteiger partial charge in [0.25, 0.3) is 0 Å². The van der Waals surface area contributed by atoms with E-state index in [9.17, 15) is 9.59 Å². The zero-order chi connectivity index (χ0) is 13.3. The van der Waals surface area contributed by atoms with Crippen molar-refractivity contribution in [2.24, 2.45) is 5.92 Å². The van der Waals surface area contributed by atoms with Crippen molar-refractivity contribution in [2.45, 2.75) is 45.6 Å². The van der Waals surface area contributed by atoms with Crippen LogP contribution in [0.25, 0.3) is 0 Å². The van der Waals surface area contributed by atoms with Crippen molar-refractivity contribution in [1.82, 2.24) is 5.32 Å². The molecule has 0 fully saturated rings. The molecule has 5 nitrogen and oxygen atoms in total. The Balaban J connectivity index is 4.07. The highest BCUT2D eigenvalue weighted by Gasteiger charge is 2.20. The van der Waals surface area contributed by atoms with Gasteiger partial charge >= 0.3 is 5.97 Å². The van der Waals surface area contributed by atoms with E-state index in [1.54, 1.807) is 7.11 Å². The molecular formula is C12H23NO4. The number of methoxy groups -OCH3 is 1. The Morgan fingerprint density at radius 3 is 2.53 bits per heavy atom. The lowest BCUT2D eigenvalue weighted by molar-refractivity contribution is -0.142. The van der Waals surface area contributed by atoms with Crippen LogP contribution in [0.15, 0.2) is 0 Å². The lowest BCUT2D eigenvalue weighted by Crippen LogP contribution is -2.41. The van der Waals surface area contributed by atoms with Crippen LogP contribution in [-0.4, -0.2) is 36.7 Å². The molecule has 0 spiro atoms. The number of ether oxygens (including phenoxy) is 1. The number of carbonyl (C=O) groups excluding carboxylic acids is 1. The van der Waals surface area contributed by atoms with Gasteiger partial charge in [-0.2, -0.15) is 0 Å². The molecule has 2 atom stereocenters. The van der Waals surface area contributed by atoms with Crippen LogP contribution in [0.5, 0.6) is 0 Å². The average Bonchev–Trinajstić information content (AvgIpc) is 2.23. The topological polar surface area (TPSA) is 75.6 Å². The summed E-state index contributed by atoms with van der Waals surface area (Å²) in [7, 11) is 1.58. The predicted molar refractivity (Wildman–Crippen MR) is 64.7 cm³/mol. The minimum Gasteiger partial charge on any atom is -0.480 e. The predicted octanol–water partition coefficient (Wildman–Crippen LogP) is 1.42. The normalized spacial score (nSPS) is 14.1. The maximum absolute atomic E-state index is 11.6. The summed E-state index contributed by atoms with van der Waals surface area (Å²) in [6, 6.07) is -0.766. The summed E-state index contributed by atoms with van der Waals surface area (Å²) < 4.78 is 4.93. The summed E-state index contributed by atoms with van der Waals surface area (Å²) >= 11 is 0. The molecule has 1 unspecified atom stereocenters.